The molecular formula is C26H26ClN5O2. The molecule has 1 fully saturated rings. The summed E-state index contributed by atoms with van der Waals surface area (Å²) in [6.07, 6.45) is 5.64. The number of hydrogen-bond acceptors (Lipinski definition) is 5. The number of halogens is 1. The van der Waals surface area contributed by atoms with Gasteiger partial charge in [0.15, 0.2) is 0 Å². The Balaban J connectivity index is 1.53. The zero-order chi connectivity index (χ0) is 23.9. The van der Waals surface area contributed by atoms with Gasteiger partial charge >= 0.3 is 6.09 Å². The Bertz CT molecular complexity index is 1340. The fourth-order valence-electron chi connectivity index (χ4n) is 4.39. The zero-order valence-electron chi connectivity index (χ0n) is 19.4. The lowest BCUT2D eigenvalue weighted by molar-refractivity contribution is 0.0377. The monoisotopic (exact) mass is 475 g/mol. The molecule has 1 aromatic carbocycles. The van der Waals surface area contributed by atoms with Gasteiger partial charge in [-0.1, -0.05) is 29.8 Å². The van der Waals surface area contributed by atoms with Crippen molar-refractivity contribution in [1.82, 2.24) is 24.8 Å². The van der Waals surface area contributed by atoms with Gasteiger partial charge in [0, 0.05) is 11.9 Å². The number of amides is 1. The van der Waals surface area contributed by atoms with Gasteiger partial charge in [0.1, 0.15) is 22.7 Å². The van der Waals surface area contributed by atoms with Crippen LogP contribution in [0.15, 0.2) is 61.1 Å². The Morgan fingerprint density at radius 2 is 1.85 bits per heavy atom. The molecule has 0 unspecified atom stereocenters. The van der Waals surface area contributed by atoms with E-state index in [4.69, 9.17) is 16.3 Å². The van der Waals surface area contributed by atoms with Crippen molar-refractivity contribution in [3.05, 3.63) is 71.8 Å². The van der Waals surface area contributed by atoms with E-state index in [9.17, 15) is 4.79 Å². The van der Waals surface area contributed by atoms with Crippen molar-refractivity contribution in [2.45, 2.75) is 51.2 Å². The van der Waals surface area contributed by atoms with Crippen LogP contribution >= 0.6 is 11.6 Å². The Morgan fingerprint density at radius 3 is 2.47 bits per heavy atom. The van der Waals surface area contributed by atoms with Gasteiger partial charge < -0.3 is 10.1 Å². The Kier molecular flexibility index (Phi) is 5.52. The minimum Gasteiger partial charge on any atom is -0.444 e. The summed E-state index contributed by atoms with van der Waals surface area (Å²) in [7, 11) is 0. The molecule has 3 heterocycles. The molecule has 7 nitrogen and oxygen atoms in total. The van der Waals surface area contributed by atoms with Crippen LogP contribution in [-0.4, -0.2) is 31.2 Å². The number of pyridine rings is 1. The highest BCUT2D eigenvalue weighted by Crippen LogP contribution is 2.42. The maximum Gasteiger partial charge on any atom is 0.408 e. The average molecular weight is 476 g/mol. The molecule has 4 aromatic rings. The van der Waals surface area contributed by atoms with E-state index in [1.54, 1.807) is 6.20 Å². The number of carbonyl (C=O) groups excluding carboxylic acids is 1. The van der Waals surface area contributed by atoms with Crippen LogP contribution in [-0.2, 0) is 10.3 Å². The van der Waals surface area contributed by atoms with E-state index in [1.165, 1.54) is 6.33 Å². The highest BCUT2D eigenvalue weighted by molar-refractivity contribution is 6.34. The number of hydrogen-bond donors (Lipinski definition) is 1. The molecule has 1 N–H and O–H groups in total. The van der Waals surface area contributed by atoms with Gasteiger partial charge in [0.2, 0.25) is 0 Å². The van der Waals surface area contributed by atoms with E-state index in [2.05, 4.69) is 32.4 Å². The molecule has 1 aliphatic carbocycles. The van der Waals surface area contributed by atoms with Crippen LogP contribution in [0.2, 0.25) is 5.15 Å². The summed E-state index contributed by atoms with van der Waals surface area (Å²) < 4.78 is 7.54. The molecule has 0 atom stereocenters. The fraction of sp³-hybridized carbons (Fsp3) is 0.308. The number of alkyl carbamates (subject to hydrolysis) is 1. The largest absolute Gasteiger partial charge is 0.444 e. The molecule has 0 spiro atoms. The van der Waals surface area contributed by atoms with E-state index < -0.39 is 17.2 Å². The van der Waals surface area contributed by atoms with Crippen molar-refractivity contribution in [3.63, 3.8) is 0 Å². The number of carbonyl (C=O) groups is 1. The first-order chi connectivity index (χ1) is 16.3. The minimum atomic E-state index is -0.542. The Morgan fingerprint density at radius 1 is 1.09 bits per heavy atom. The first-order valence-corrected chi connectivity index (χ1v) is 11.7. The van der Waals surface area contributed by atoms with Crippen molar-refractivity contribution in [1.29, 1.82) is 0 Å². The molecule has 0 radical (unpaired) electrons. The second kappa shape index (κ2) is 8.40. The molecule has 0 bridgehead atoms. The maximum atomic E-state index is 12.5. The summed E-state index contributed by atoms with van der Waals surface area (Å²) in [4.78, 5) is 25.7. The van der Waals surface area contributed by atoms with E-state index in [-0.39, 0.29) is 0 Å². The predicted molar refractivity (Wildman–Crippen MR) is 132 cm³/mol. The molecule has 5 rings (SSSR count). The number of aromatic nitrogens is 4. The molecule has 34 heavy (non-hydrogen) atoms. The third-order valence-electron chi connectivity index (χ3n) is 6.10. The summed E-state index contributed by atoms with van der Waals surface area (Å²) in [6.45, 7) is 5.60. The molecule has 0 saturated heterocycles. The van der Waals surface area contributed by atoms with Crippen molar-refractivity contribution >= 4 is 28.7 Å². The highest BCUT2D eigenvalue weighted by Gasteiger charge is 2.41. The molecule has 1 saturated carbocycles. The lowest BCUT2D eigenvalue weighted by atomic mass is 9.72. The van der Waals surface area contributed by atoms with Crippen LogP contribution < -0.4 is 5.32 Å². The van der Waals surface area contributed by atoms with Crippen LogP contribution in [0.1, 0.15) is 45.6 Å². The second-order valence-electron chi connectivity index (χ2n) is 9.59. The van der Waals surface area contributed by atoms with Gasteiger partial charge in [-0.25, -0.2) is 14.8 Å². The summed E-state index contributed by atoms with van der Waals surface area (Å²) in [5.74, 6) is 0. The Hall–Kier alpha value is -3.45. The van der Waals surface area contributed by atoms with Gasteiger partial charge in [-0.3, -0.25) is 9.55 Å². The molecule has 174 valence electrons. The lowest BCUT2D eigenvalue weighted by Crippen LogP contribution is -2.52. The topological polar surface area (TPSA) is 81.9 Å². The van der Waals surface area contributed by atoms with Gasteiger partial charge in [-0.2, -0.15) is 0 Å². The first kappa shape index (κ1) is 22.3. The third-order valence-corrected chi connectivity index (χ3v) is 6.40. The molecule has 0 aliphatic heterocycles. The highest BCUT2D eigenvalue weighted by atomic mass is 35.5. The number of benzene rings is 1. The summed E-state index contributed by atoms with van der Waals surface area (Å²) in [6, 6.07) is 15.9. The minimum absolute atomic E-state index is 0.392. The summed E-state index contributed by atoms with van der Waals surface area (Å²) in [5.41, 5.74) is 3.41. The molecule has 8 heteroatoms. The number of nitrogens with zero attached hydrogens (tertiary/aromatic N) is 4. The number of fused-ring (bicyclic) bond motifs is 1. The summed E-state index contributed by atoms with van der Waals surface area (Å²) >= 11 is 6.39. The van der Waals surface area contributed by atoms with Crippen LogP contribution in [0, 0.1) is 0 Å². The average Bonchev–Trinajstić information content (AvgIpc) is 3.17. The SMILES string of the molecule is CC(C)(C)OC(=O)NC1(c2ccc(-n3c(-c4ccccn4)cc4c(Cl)ncnc43)cc2)CCC1. The zero-order valence-corrected chi connectivity index (χ0v) is 20.1. The maximum absolute atomic E-state index is 12.5. The van der Waals surface area contributed by atoms with Crippen molar-refractivity contribution < 1.29 is 9.53 Å². The molecule has 3 aromatic heterocycles. The fourth-order valence-corrected chi connectivity index (χ4v) is 4.57. The summed E-state index contributed by atoms with van der Waals surface area (Å²) in [5, 5.41) is 4.27. The quantitative estimate of drug-likeness (QED) is 0.364. The van der Waals surface area contributed by atoms with Gasteiger partial charge in [-0.05, 0) is 75.9 Å². The van der Waals surface area contributed by atoms with Gasteiger partial charge in [0.25, 0.3) is 0 Å². The van der Waals surface area contributed by atoms with Gasteiger partial charge in [0.05, 0.1) is 22.3 Å². The van der Waals surface area contributed by atoms with E-state index >= 15 is 0 Å². The second-order valence-corrected chi connectivity index (χ2v) is 9.95. The smallest absolute Gasteiger partial charge is 0.408 e. The number of ether oxygens (including phenoxy) is 1. The van der Waals surface area contributed by atoms with Gasteiger partial charge in [-0.15, -0.1) is 0 Å². The van der Waals surface area contributed by atoms with E-state index in [1.807, 2.05) is 61.7 Å². The molecule has 1 amide bonds. The van der Waals surface area contributed by atoms with Crippen molar-refractivity contribution in [2.75, 3.05) is 0 Å². The van der Waals surface area contributed by atoms with Crippen LogP contribution in [0.5, 0.6) is 0 Å². The van der Waals surface area contributed by atoms with E-state index in [0.29, 0.717) is 10.8 Å². The number of rotatable bonds is 4. The van der Waals surface area contributed by atoms with Crippen molar-refractivity contribution in [2.24, 2.45) is 0 Å². The van der Waals surface area contributed by atoms with Crippen LogP contribution in [0.3, 0.4) is 0 Å². The molecule has 1 aliphatic rings. The third kappa shape index (κ3) is 4.12. The standard InChI is InChI=1S/C26H26ClN5O2/c1-25(2,3)34-24(33)31-26(12-6-13-26)17-8-10-18(11-9-17)32-21(20-7-4-5-14-28-20)15-19-22(27)29-16-30-23(19)32/h4-5,7-11,14-16H,6,12-13H2,1-3H3,(H,31,33). The van der Waals surface area contributed by atoms with Crippen molar-refractivity contribution in [3.8, 4) is 17.1 Å². The molecular weight excluding hydrogens is 450 g/mol. The lowest BCUT2D eigenvalue weighted by Gasteiger charge is -2.43. The number of nitrogens with one attached hydrogen (secondary N) is 1. The van der Waals surface area contributed by atoms with E-state index in [0.717, 1.165) is 47.3 Å². The Labute approximate surface area is 203 Å². The predicted octanol–water partition coefficient (Wildman–Crippen LogP) is 6.04. The van der Waals surface area contributed by atoms with Crippen LogP contribution in [0.4, 0.5) is 4.79 Å². The van der Waals surface area contributed by atoms with Crippen LogP contribution in [0.25, 0.3) is 28.1 Å². The normalized spacial score (nSPS) is 15.1. The first-order valence-electron chi connectivity index (χ1n) is 11.3.